The number of sulfone groups is 1. The maximum atomic E-state index is 11.8. The van der Waals surface area contributed by atoms with Gasteiger partial charge in [0.05, 0.1) is 18.1 Å². The first-order valence-corrected chi connectivity index (χ1v) is 7.81. The van der Waals surface area contributed by atoms with E-state index in [9.17, 15) is 13.2 Å². The van der Waals surface area contributed by atoms with Crippen molar-refractivity contribution in [3.8, 4) is 0 Å². The lowest BCUT2D eigenvalue weighted by Gasteiger charge is -2.28. The Balaban J connectivity index is 2.73. The van der Waals surface area contributed by atoms with Crippen molar-refractivity contribution in [1.82, 2.24) is 4.90 Å². The first kappa shape index (κ1) is 14.3. The largest absolute Gasteiger partial charge is 0.450 e. The summed E-state index contributed by atoms with van der Waals surface area (Å²) in [6, 6.07) is -0.221. The van der Waals surface area contributed by atoms with Gasteiger partial charge in [-0.2, -0.15) is 0 Å². The van der Waals surface area contributed by atoms with Crippen LogP contribution in [-0.4, -0.2) is 50.1 Å². The smallest absolute Gasteiger partial charge is 0.410 e. The van der Waals surface area contributed by atoms with E-state index in [1.807, 2.05) is 13.8 Å². The Morgan fingerprint density at radius 1 is 1.47 bits per heavy atom. The monoisotopic (exact) mass is 263 g/mol. The number of hydrogen-bond acceptors (Lipinski definition) is 4. The number of carbonyl (C=O) groups is 1. The summed E-state index contributed by atoms with van der Waals surface area (Å²) in [4.78, 5) is 13.4. The van der Waals surface area contributed by atoms with Crippen molar-refractivity contribution in [3.05, 3.63) is 0 Å². The fourth-order valence-electron chi connectivity index (χ4n) is 1.99. The lowest BCUT2D eigenvalue weighted by atomic mass is 10.1. The van der Waals surface area contributed by atoms with Gasteiger partial charge in [0, 0.05) is 12.6 Å². The van der Waals surface area contributed by atoms with E-state index in [-0.39, 0.29) is 17.5 Å². The van der Waals surface area contributed by atoms with Crippen LogP contribution in [0.1, 0.15) is 27.2 Å². The van der Waals surface area contributed by atoms with Gasteiger partial charge < -0.3 is 9.64 Å². The van der Waals surface area contributed by atoms with Crippen LogP contribution in [0.5, 0.6) is 0 Å². The molecule has 17 heavy (non-hydrogen) atoms. The van der Waals surface area contributed by atoms with Gasteiger partial charge in [-0.1, -0.05) is 13.8 Å². The predicted octanol–water partition coefficient (Wildman–Crippen LogP) is 1.29. The molecule has 0 N–H and O–H groups in total. The van der Waals surface area contributed by atoms with Gasteiger partial charge in [0.2, 0.25) is 0 Å². The summed E-state index contributed by atoms with van der Waals surface area (Å²) in [5.74, 6) is 0.534. The molecule has 1 rings (SSSR count). The number of ether oxygens (including phenoxy) is 1. The number of rotatable bonds is 4. The molecule has 1 amide bonds. The van der Waals surface area contributed by atoms with Gasteiger partial charge in [0.15, 0.2) is 9.84 Å². The summed E-state index contributed by atoms with van der Waals surface area (Å²) in [6.45, 7) is 6.59. The molecule has 0 saturated carbocycles. The lowest BCUT2D eigenvalue weighted by molar-refractivity contribution is 0.0888. The molecule has 0 spiro atoms. The Labute approximate surface area is 103 Å². The van der Waals surface area contributed by atoms with E-state index < -0.39 is 15.9 Å². The lowest BCUT2D eigenvalue weighted by Crippen LogP contribution is -2.43. The average molecular weight is 263 g/mol. The molecule has 0 aromatic rings. The third-order valence-electron chi connectivity index (χ3n) is 2.71. The van der Waals surface area contributed by atoms with Gasteiger partial charge in [-0.25, -0.2) is 13.2 Å². The van der Waals surface area contributed by atoms with Crippen molar-refractivity contribution < 1.29 is 17.9 Å². The minimum Gasteiger partial charge on any atom is -0.450 e. The zero-order chi connectivity index (χ0) is 13.1. The van der Waals surface area contributed by atoms with E-state index in [1.54, 1.807) is 11.8 Å². The minimum absolute atomic E-state index is 0.0680. The molecular formula is C11H21NO4S. The van der Waals surface area contributed by atoms with Crippen LogP contribution in [0.2, 0.25) is 0 Å². The van der Waals surface area contributed by atoms with Gasteiger partial charge in [0.1, 0.15) is 0 Å². The molecule has 0 aliphatic carbocycles. The molecule has 1 saturated heterocycles. The maximum Gasteiger partial charge on any atom is 0.410 e. The van der Waals surface area contributed by atoms with Crippen molar-refractivity contribution in [2.45, 2.75) is 33.2 Å². The van der Waals surface area contributed by atoms with Gasteiger partial charge in [0.25, 0.3) is 0 Å². The highest BCUT2D eigenvalue weighted by Gasteiger charge is 2.35. The maximum absolute atomic E-state index is 11.8. The van der Waals surface area contributed by atoms with E-state index in [2.05, 4.69) is 0 Å². The Morgan fingerprint density at radius 3 is 2.53 bits per heavy atom. The first-order chi connectivity index (χ1) is 7.85. The highest BCUT2D eigenvalue weighted by Crippen LogP contribution is 2.19. The van der Waals surface area contributed by atoms with E-state index >= 15 is 0 Å². The van der Waals surface area contributed by atoms with Crippen molar-refractivity contribution in [2.75, 3.05) is 24.7 Å². The Bertz CT molecular complexity index is 364. The molecule has 6 heteroatoms. The SMILES string of the molecule is CCOC(=O)N(CC(C)C)C1CCS(=O)(=O)C1. The Kier molecular flexibility index (Phi) is 4.80. The van der Waals surface area contributed by atoms with Crippen molar-refractivity contribution in [2.24, 2.45) is 5.92 Å². The molecule has 1 heterocycles. The van der Waals surface area contributed by atoms with Gasteiger partial charge >= 0.3 is 6.09 Å². The van der Waals surface area contributed by atoms with Crippen LogP contribution in [0.15, 0.2) is 0 Å². The molecule has 100 valence electrons. The molecule has 0 aromatic heterocycles. The average Bonchev–Trinajstić information content (AvgIpc) is 2.55. The zero-order valence-corrected chi connectivity index (χ0v) is 11.5. The van der Waals surface area contributed by atoms with Crippen LogP contribution in [0, 0.1) is 5.92 Å². The van der Waals surface area contributed by atoms with Crippen molar-refractivity contribution in [3.63, 3.8) is 0 Å². The molecule has 1 atom stereocenters. The quantitative estimate of drug-likeness (QED) is 0.766. The summed E-state index contributed by atoms with van der Waals surface area (Å²) < 4.78 is 27.8. The molecular weight excluding hydrogens is 242 g/mol. The molecule has 0 aromatic carbocycles. The summed E-state index contributed by atoms with van der Waals surface area (Å²) in [5, 5.41) is 0. The summed E-state index contributed by atoms with van der Waals surface area (Å²) in [6.07, 6.45) is 0.122. The minimum atomic E-state index is -2.97. The fraction of sp³-hybridized carbons (Fsp3) is 0.909. The van der Waals surface area contributed by atoms with Gasteiger partial charge in [-0.05, 0) is 19.3 Å². The van der Waals surface area contributed by atoms with Crippen LogP contribution in [0.25, 0.3) is 0 Å². The second-order valence-corrected chi connectivity index (χ2v) is 7.03. The van der Waals surface area contributed by atoms with Gasteiger partial charge in [-0.15, -0.1) is 0 Å². The van der Waals surface area contributed by atoms with E-state index in [0.717, 1.165) is 0 Å². The van der Waals surface area contributed by atoms with Crippen LogP contribution < -0.4 is 0 Å². The normalized spacial score (nSPS) is 22.7. The number of nitrogens with zero attached hydrogens (tertiary/aromatic N) is 1. The molecule has 1 fully saturated rings. The third kappa shape index (κ3) is 4.18. The highest BCUT2D eigenvalue weighted by atomic mass is 32.2. The molecule has 1 unspecified atom stereocenters. The standard InChI is InChI=1S/C11H21NO4S/c1-4-16-11(13)12(7-9(2)3)10-5-6-17(14,15)8-10/h9-10H,4-8H2,1-3H3. The Hall–Kier alpha value is -0.780. The molecule has 1 aliphatic heterocycles. The fourth-order valence-corrected chi connectivity index (χ4v) is 3.72. The predicted molar refractivity (Wildman–Crippen MR) is 65.6 cm³/mol. The summed E-state index contributed by atoms with van der Waals surface area (Å²) in [5.41, 5.74) is 0. The molecule has 5 nitrogen and oxygen atoms in total. The zero-order valence-electron chi connectivity index (χ0n) is 10.7. The van der Waals surface area contributed by atoms with Crippen molar-refractivity contribution >= 4 is 15.9 Å². The van der Waals surface area contributed by atoms with Crippen molar-refractivity contribution in [1.29, 1.82) is 0 Å². The van der Waals surface area contributed by atoms with Crippen LogP contribution in [-0.2, 0) is 14.6 Å². The number of hydrogen-bond donors (Lipinski definition) is 0. The Morgan fingerprint density at radius 2 is 2.12 bits per heavy atom. The van der Waals surface area contributed by atoms with Crippen LogP contribution in [0.4, 0.5) is 4.79 Å². The number of carbonyl (C=O) groups excluding carboxylic acids is 1. The molecule has 0 radical (unpaired) electrons. The highest BCUT2D eigenvalue weighted by molar-refractivity contribution is 7.91. The van der Waals surface area contributed by atoms with Gasteiger partial charge in [-0.3, -0.25) is 0 Å². The summed E-state index contributed by atoms with van der Waals surface area (Å²) in [7, 11) is -2.97. The third-order valence-corrected chi connectivity index (χ3v) is 4.46. The molecule has 1 aliphatic rings. The second kappa shape index (κ2) is 5.71. The number of amides is 1. The topological polar surface area (TPSA) is 63.7 Å². The summed E-state index contributed by atoms with van der Waals surface area (Å²) >= 11 is 0. The van der Waals surface area contributed by atoms with Crippen LogP contribution >= 0.6 is 0 Å². The molecule has 0 bridgehead atoms. The van der Waals surface area contributed by atoms with Crippen LogP contribution in [0.3, 0.4) is 0 Å². The second-order valence-electron chi connectivity index (χ2n) is 4.80. The van der Waals surface area contributed by atoms with E-state index in [4.69, 9.17) is 4.74 Å². The van der Waals surface area contributed by atoms with E-state index in [0.29, 0.717) is 25.5 Å². The van der Waals surface area contributed by atoms with E-state index in [1.165, 1.54) is 0 Å². The first-order valence-electron chi connectivity index (χ1n) is 5.99.